The molecule has 9 heavy (non-hydrogen) atoms. The Hall–Kier alpha value is -0.120. The molecule has 0 atom stereocenters. The number of ether oxygens (including phenoxy) is 1. The monoisotopic (exact) mass is 155 g/mol. The maximum Gasteiger partial charge on any atom is 0.123 e. The lowest BCUT2D eigenvalue weighted by Gasteiger charge is -1.91. The average Bonchev–Trinajstić information content (AvgIpc) is 1.68. The third-order valence-electron chi connectivity index (χ3n) is 0.622. The molecule has 0 heterocycles. The molecule has 0 saturated carbocycles. The topological polar surface area (TPSA) is 35.2 Å². The first-order valence-corrected chi connectivity index (χ1v) is 2.34. The fourth-order valence-corrected chi connectivity index (χ4v) is 0.325. The van der Waals surface area contributed by atoms with Crippen LogP contribution in [0.15, 0.2) is 11.9 Å². The van der Waals surface area contributed by atoms with E-state index in [0.29, 0.717) is 0 Å². The summed E-state index contributed by atoms with van der Waals surface area (Å²) >= 11 is 0. The van der Waals surface area contributed by atoms with Crippen LogP contribution >= 0.6 is 12.4 Å². The maximum absolute atomic E-state index is 12.1. The molecule has 0 aromatic rings. The molecular formula is C5H11ClFNO. The molecule has 0 bridgehead atoms. The first-order valence-electron chi connectivity index (χ1n) is 2.34. The lowest BCUT2D eigenvalue weighted by atomic mass is 10.5. The molecule has 4 heteroatoms. The fourth-order valence-electron chi connectivity index (χ4n) is 0.325. The molecule has 0 saturated heterocycles. The van der Waals surface area contributed by atoms with Gasteiger partial charge in [0.1, 0.15) is 5.83 Å². The highest BCUT2D eigenvalue weighted by Crippen LogP contribution is 1.92. The molecule has 0 aromatic heterocycles. The summed E-state index contributed by atoms with van der Waals surface area (Å²) in [5, 5.41) is 0. The van der Waals surface area contributed by atoms with Gasteiger partial charge in [-0.05, 0) is 6.08 Å². The van der Waals surface area contributed by atoms with Crippen molar-refractivity contribution in [1.29, 1.82) is 0 Å². The van der Waals surface area contributed by atoms with Gasteiger partial charge in [-0.25, -0.2) is 4.39 Å². The van der Waals surface area contributed by atoms with Crippen LogP contribution < -0.4 is 5.73 Å². The predicted molar refractivity (Wildman–Crippen MR) is 37.4 cm³/mol. The van der Waals surface area contributed by atoms with Gasteiger partial charge in [-0.15, -0.1) is 12.4 Å². The van der Waals surface area contributed by atoms with E-state index in [2.05, 4.69) is 4.74 Å². The Bertz CT molecular complexity index is 87.0. The third-order valence-corrected chi connectivity index (χ3v) is 0.622. The molecule has 2 nitrogen and oxygen atoms in total. The van der Waals surface area contributed by atoms with Crippen molar-refractivity contribution in [3.8, 4) is 0 Å². The van der Waals surface area contributed by atoms with Crippen molar-refractivity contribution in [3.05, 3.63) is 11.9 Å². The summed E-state index contributed by atoms with van der Waals surface area (Å²) < 4.78 is 16.5. The van der Waals surface area contributed by atoms with Crippen LogP contribution in [0.2, 0.25) is 0 Å². The minimum atomic E-state index is -0.310. The van der Waals surface area contributed by atoms with Gasteiger partial charge in [0.05, 0.1) is 6.61 Å². The van der Waals surface area contributed by atoms with Crippen molar-refractivity contribution in [3.63, 3.8) is 0 Å². The van der Waals surface area contributed by atoms with Crippen molar-refractivity contribution >= 4 is 12.4 Å². The second kappa shape index (κ2) is 7.88. The molecule has 0 aromatic carbocycles. The van der Waals surface area contributed by atoms with E-state index in [-0.39, 0.29) is 31.4 Å². The van der Waals surface area contributed by atoms with Gasteiger partial charge >= 0.3 is 0 Å². The van der Waals surface area contributed by atoms with Crippen molar-refractivity contribution in [2.45, 2.75) is 0 Å². The zero-order chi connectivity index (χ0) is 6.41. The van der Waals surface area contributed by atoms with Gasteiger partial charge in [-0.3, -0.25) is 0 Å². The summed E-state index contributed by atoms with van der Waals surface area (Å²) in [6, 6.07) is 0. The molecule has 56 valence electrons. The normalized spacial score (nSPS) is 10.8. The lowest BCUT2D eigenvalue weighted by Crippen LogP contribution is -1.96. The summed E-state index contributed by atoms with van der Waals surface area (Å²) in [5.74, 6) is -0.310. The van der Waals surface area contributed by atoms with Crippen molar-refractivity contribution in [2.24, 2.45) is 5.73 Å². The molecule has 0 amide bonds. The van der Waals surface area contributed by atoms with E-state index >= 15 is 0 Å². The minimum absolute atomic E-state index is 0. The van der Waals surface area contributed by atoms with Crippen LogP contribution in [0.3, 0.4) is 0 Å². The Morgan fingerprint density at radius 1 is 1.78 bits per heavy atom. The molecule has 0 unspecified atom stereocenters. The van der Waals surface area contributed by atoms with Gasteiger partial charge in [0.15, 0.2) is 0 Å². The van der Waals surface area contributed by atoms with Gasteiger partial charge in [0.25, 0.3) is 0 Å². The van der Waals surface area contributed by atoms with Crippen LogP contribution in [0.5, 0.6) is 0 Å². The average molecular weight is 156 g/mol. The Labute approximate surface area is 60.3 Å². The van der Waals surface area contributed by atoms with Gasteiger partial charge in [0.2, 0.25) is 0 Å². The van der Waals surface area contributed by atoms with Gasteiger partial charge in [-0.1, -0.05) is 0 Å². The maximum atomic E-state index is 12.1. The molecule has 0 rings (SSSR count). The molecule has 0 aliphatic rings. The van der Waals surface area contributed by atoms with E-state index in [1.54, 1.807) is 0 Å². The summed E-state index contributed by atoms with van der Waals surface area (Å²) in [7, 11) is 1.43. The highest BCUT2D eigenvalue weighted by Gasteiger charge is 1.87. The molecule has 0 spiro atoms. The van der Waals surface area contributed by atoms with Gasteiger partial charge < -0.3 is 10.5 Å². The number of methoxy groups -OCH3 is 1. The minimum Gasteiger partial charge on any atom is -0.378 e. The highest BCUT2D eigenvalue weighted by molar-refractivity contribution is 5.85. The Morgan fingerprint density at radius 3 is 2.67 bits per heavy atom. The number of halogens is 2. The standard InChI is InChI=1S/C5H10FNO.ClH/c1-8-4-5(6)2-3-7;/h2H,3-4,7H2,1H3;1H/b5-2-;. The van der Waals surface area contributed by atoms with E-state index in [1.807, 2.05) is 0 Å². The van der Waals surface area contributed by atoms with Gasteiger partial charge in [0, 0.05) is 13.7 Å². The van der Waals surface area contributed by atoms with Crippen LogP contribution in [0, 0.1) is 0 Å². The number of rotatable bonds is 3. The van der Waals surface area contributed by atoms with Crippen LogP contribution in [0.25, 0.3) is 0 Å². The first kappa shape index (κ1) is 11.6. The highest BCUT2D eigenvalue weighted by atomic mass is 35.5. The molecular weight excluding hydrogens is 145 g/mol. The largest absolute Gasteiger partial charge is 0.378 e. The van der Waals surface area contributed by atoms with E-state index in [1.165, 1.54) is 13.2 Å². The quantitative estimate of drug-likeness (QED) is 0.657. The molecule has 0 aliphatic heterocycles. The van der Waals surface area contributed by atoms with Crippen molar-refractivity contribution in [1.82, 2.24) is 0 Å². The first-order chi connectivity index (χ1) is 3.81. The number of nitrogens with two attached hydrogens (primary N) is 1. The van der Waals surface area contributed by atoms with E-state index in [0.717, 1.165) is 0 Å². The predicted octanol–water partition coefficient (Wildman–Crippen LogP) is 0.867. The van der Waals surface area contributed by atoms with E-state index in [4.69, 9.17) is 5.73 Å². The Morgan fingerprint density at radius 2 is 2.33 bits per heavy atom. The van der Waals surface area contributed by atoms with Gasteiger partial charge in [-0.2, -0.15) is 0 Å². The summed E-state index contributed by atoms with van der Waals surface area (Å²) in [6.45, 7) is 0.256. The fraction of sp³-hybridized carbons (Fsp3) is 0.600. The number of hydrogen-bond donors (Lipinski definition) is 1. The molecule has 2 N–H and O–H groups in total. The third kappa shape index (κ3) is 7.88. The molecule has 0 fully saturated rings. The van der Waals surface area contributed by atoms with Crippen LogP contribution in [0.1, 0.15) is 0 Å². The Balaban J connectivity index is 0. The molecule has 0 aliphatic carbocycles. The van der Waals surface area contributed by atoms with E-state index in [9.17, 15) is 4.39 Å². The zero-order valence-electron chi connectivity index (χ0n) is 5.26. The molecule has 0 radical (unpaired) electrons. The SMILES string of the molecule is COC/C(F)=C/CN.Cl. The lowest BCUT2D eigenvalue weighted by molar-refractivity contribution is 0.206. The summed E-state index contributed by atoms with van der Waals surface area (Å²) in [6.07, 6.45) is 1.28. The summed E-state index contributed by atoms with van der Waals surface area (Å²) in [5.41, 5.74) is 4.99. The van der Waals surface area contributed by atoms with Crippen LogP contribution in [-0.4, -0.2) is 20.3 Å². The smallest absolute Gasteiger partial charge is 0.123 e. The van der Waals surface area contributed by atoms with Crippen LogP contribution in [-0.2, 0) is 4.74 Å². The zero-order valence-corrected chi connectivity index (χ0v) is 6.08. The van der Waals surface area contributed by atoms with E-state index < -0.39 is 0 Å². The number of hydrogen-bond acceptors (Lipinski definition) is 2. The van der Waals surface area contributed by atoms with Crippen molar-refractivity contribution in [2.75, 3.05) is 20.3 Å². The van der Waals surface area contributed by atoms with Crippen molar-refractivity contribution < 1.29 is 9.13 Å². The Kier molecular flexibility index (Phi) is 10.2. The summed E-state index contributed by atoms with van der Waals surface area (Å²) in [4.78, 5) is 0. The van der Waals surface area contributed by atoms with Crippen LogP contribution in [0.4, 0.5) is 4.39 Å². The second-order valence-electron chi connectivity index (χ2n) is 1.32. The second-order valence-corrected chi connectivity index (χ2v) is 1.32.